The molecule has 1 aromatic rings. The first-order chi connectivity index (χ1) is 10.1. The van der Waals surface area contributed by atoms with E-state index in [0.29, 0.717) is 11.7 Å². The SMILES string of the molecule is CCC1CCCC(C(O)c2ccc(OC)c(Br)c2OC)C1. The summed E-state index contributed by atoms with van der Waals surface area (Å²) in [6.45, 7) is 2.24. The summed E-state index contributed by atoms with van der Waals surface area (Å²) >= 11 is 3.51. The molecule has 0 radical (unpaired) electrons. The van der Waals surface area contributed by atoms with Crippen LogP contribution in [0.15, 0.2) is 16.6 Å². The highest BCUT2D eigenvalue weighted by Crippen LogP contribution is 2.45. The second-order valence-electron chi connectivity index (χ2n) is 5.85. The summed E-state index contributed by atoms with van der Waals surface area (Å²) in [6, 6.07) is 3.80. The van der Waals surface area contributed by atoms with Gasteiger partial charge < -0.3 is 14.6 Å². The van der Waals surface area contributed by atoms with Gasteiger partial charge in [-0.3, -0.25) is 0 Å². The molecule has 1 aromatic carbocycles. The Labute approximate surface area is 135 Å². The van der Waals surface area contributed by atoms with E-state index in [2.05, 4.69) is 22.9 Å². The third-order valence-corrected chi connectivity index (χ3v) is 5.43. The number of hydrogen-bond acceptors (Lipinski definition) is 3. The van der Waals surface area contributed by atoms with E-state index in [9.17, 15) is 5.11 Å². The molecule has 1 saturated carbocycles. The number of aliphatic hydroxyl groups excluding tert-OH is 1. The summed E-state index contributed by atoms with van der Waals surface area (Å²) in [5.74, 6) is 2.46. The van der Waals surface area contributed by atoms with E-state index in [1.165, 1.54) is 19.3 Å². The molecule has 118 valence electrons. The lowest BCUT2D eigenvalue weighted by Gasteiger charge is -2.32. The number of hydrogen-bond donors (Lipinski definition) is 1. The predicted octanol–water partition coefficient (Wildman–Crippen LogP) is 4.72. The van der Waals surface area contributed by atoms with Gasteiger partial charge in [0.15, 0.2) is 0 Å². The van der Waals surface area contributed by atoms with E-state index in [0.717, 1.165) is 34.5 Å². The van der Waals surface area contributed by atoms with E-state index in [-0.39, 0.29) is 0 Å². The van der Waals surface area contributed by atoms with Crippen LogP contribution in [0.3, 0.4) is 0 Å². The number of benzene rings is 1. The monoisotopic (exact) mass is 356 g/mol. The fourth-order valence-electron chi connectivity index (χ4n) is 3.40. The second-order valence-corrected chi connectivity index (χ2v) is 6.64. The molecule has 3 atom stereocenters. The third-order valence-electron chi connectivity index (χ3n) is 4.68. The summed E-state index contributed by atoms with van der Waals surface area (Å²) in [4.78, 5) is 0. The van der Waals surface area contributed by atoms with Crippen molar-refractivity contribution in [2.45, 2.75) is 45.1 Å². The van der Waals surface area contributed by atoms with E-state index < -0.39 is 6.10 Å². The molecule has 0 aliphatic heterocycles. The zero-order chi connectivity index (χ0) is 15.4. The first-order valence-corrected chi connectivity index (χ1v) is 8.50. The maximum atomic E-state index is 10.8. The Balaban J connectivity index is 2.26. The number of rotatable bonds is 5. The quantitative estimate of drug-likeness (QED) is 0.829. The van der Waals surface area contributed by atoms with Crippen LogP contribution in [0, 0.1) is 11.8 Å². The summed E-state index contributed by atoms with van der Waals surface area (Å²) in [5, 5.41) is 10.8. The van der Waals surface area contributed by atoms with E-state index in [1.54, 1.807) is 14.2 Å². The van der Waals surface area contributed by atoms with Gasteiger partial charge in [-0.1, -0.05) is 26.2 Å². The highest BCUT2D eigenvalue weighted by atomic mass is 79.9. The molecule has 1 N–H and O–H groups in total. The molecule has 1 aliphatic rings. The van der Waals surface area contributed by atoms with Gasteiger partial charge >= 0.3 is 0 Å². The minimum atomic E-state index is -0.475. The fourth-order valence-corrected chi connectivity index (χ4v) is 4.08. The molecule has 0 aromatic heterocycles. The van der Waals surface area contributed by atoms with Crippen LogP contribution in [0.4, 0.5) is 0 Å². The maximum Gasteiger partial charge on any atom is 0.142 e. The van der Waals surface area contributed by atoms with Crippen LogP contribution < -0.4 is 9.47 Å². The Morgan fingerprint density at radius 3 is 2.67 bits per heavy atom. The molecule has 0 saturated heterocycles. The van der Waals surface area contributed by atoms with Crippen molar-refractivity contribution in [3.05, 3.63) is 22.2 Å². The lowest BCUT2D eigenvalue weighted by molar-refractivity contribution is 0.0657. The normalized spacial score (nSPS) is 23.7. The summed E-state index contributed by atoms with van der Waals surface area (Å²) < 4.78 is 11.6. The number of halogens is 1. The maximum absolute atomic E-state index is 10.8. The van der Waals surface area contributed by atoms with Gasteiger partial charge in [0, 0.05) is 5.56 Å². The number of aliphatic hydroxyl groups is 1. The fraction of sp³-hybridized carbons (Fsp3) is 0.647. The largest absolute Gasteiger partial charge is 0.495 e. The van der Waals surface area contributed by atoms with E-state index in [4.69, 9.17) is 9.47 Å². The smallest absolute Gasteiger partial charge is 0.142 e. The molecule has 3 nitrogen and oxygen atoms in total. The number of methoxy groups -OCH3 is 2. The average molecular weight is 357 g/mol. The lowest BCUT2D eigenvalue weighted by Crippen LogP contribution is -2.21. The van der Waals surface area contributed by atoms with Gasteiger partial charge in [0.1, 0.15) is 16.0 Å². The number of ether oxygens (including phenoxy) is 2. The average Bonchev–Trinajstić information content (AvgIpc) is 2.53. The van der Waals surface area contributed by atoms with Crippen LogP contribution in [0.2, 0.25) is 0 Å². The summed E-state index contributed by atoms with van der Waals surface area (Å²) in [7, 11) is 3.26. The van der Waals surface area contributed by atoms with Gasteiger partial charge in [-0.15, -0.1) is 0 Å². The van der Waals surface area contributed by atoms with Crippen molar-refractivity contribution in [3.8, 4) is 11.5 Å². The molecule has 0 amide bonds. The van der Waals surface area contributed by atoms with Crippen molar-refractivity contribution in [3.63, 3.8) is 0 Å². The third kappa shape index (κ3) is 3.54. The molecule has 3 unspecified atom stereocenters. The summed E-state index contributed by atoms with van der Waals surface area (Å²) in [6.07, 6.45) is 5.42. The second kappa shape index (κ2) is 7.50. The molecular formula is C17H25BrO3. The van der Waals surface area contributed by atoms with Gasteiger partial charge in [0.05, 0.1) is 20.3 Å². The molecule has 21 heavy (non-hydrogen) atoms. The van der Waals surface area contributed by atoms with Crippen molar-refractivity contribution in [2.75, 3.05) is 14.2 Å². The minimum absolute atomic E-state index is 0.317. The molecule has 0 heterocycles. The first-order valence-electron chi connectivity index (χ1n) is 7.70. The van der Waals surface area contributed by atoms with Gasteiger partial charge in [-0.05, 0) is 52.7 Å². The van der Waals surface area contributed by atoms with E-state index >= 15 is 0 Å². The minimum Gasteiger partial charge on any atom is -0.495 e. The Bertz CT molecular complexity index is 475. The Morgan fingerprint density at radius 2 is 2.05 bits per heavy atom. The van der Waals surface area contributed by atoms with Crippen LogP contribution in [-0.2, 0) is 0 Å². The summed E-state index contributed by atoms with van der Waals surface area (Å²) in [5.41, 5.74) is 0.854. The molecule has 1 aliphatic carbocycles. The Kier molecular flexibility index (Phi) is 5.94. The molecular weight excluding hydrogens is 332 g/mol. The zero-order valence-corrected chi connectivity index (χ0v) is 14.6. The van der Waals surface area contributed by atoms with Crippen LogP contribution in [0.1, 0.15) is 50.7 Å². The Morgan fingerprint density at radius 1 is 1.29 bits per heavy atom. The molecule has 2 rings (SSSR count). The van der Waals surface area contributed by atoms with E-state index in [1.807, 2.05) is 12.1 Å². The standard InChI is InChI=1S/C17H25BrO3/c1-4-11-6-5-7-12(10-11)16(19)13-8-9-14(20-2)15(18)17(13)21-3/h8-9,11-12,16,19H,4-7,10H2,1-3H3. The van der Waals surface area contributed by atoms with Gasteiger partial charge in [0.2, 0.25) is 0 Å². The van der Waals surface area contributed by atoms with Crippen LogP contribution >= 0.6 is 15.9 Å². The van der Waals surface area contributed by atoms with Crippen molar-refractivity contribution in [1.82, 2.24) is 0 Å². The van der Waals surface area contributed by atoms with Crippen LogP contribution in [0.25, 0.3) is 0 Å². The topological polar surface area (TPSA) is 38.7 Å². The predicted molar refractivity (Wildman–Crippen MR) is 87.9 cm³/mol. The molecule has 4 heteroatoms. The lowest BCUT2D eigenvalue weighted by atomic mass is 9.76. The highest BCUT2D eigenvalue weighted by Gasteiger charge is 2.30. The molecule has 0 spiro atoms. The van der Waals surface area contributed by atoms with Crippen LogP contribution in [0.5, 0.6) is 11.5 Å². The van der Waals surface area contributed by atoms with Gasteiger partial charge in [0.25, 0.3) is 0 Å². The molecule has 1 fully saturated rings. The van der Waals surface area contributed by atoms with Crippen LogP contribution in [-0.4, -0.2) is 19.3 Å². The zero-order valence-electron chi connectivity index (χ0n) is 13.1. The van der Waals surface area contributed by atoms with Gasteiger partial charge in [-0.2, -0.15) is 0 Å². The molecule has 0 bridgehead atoms. The van der Waals surface area contributed by atoms with Crippen molar-refractivity contribution in [2.24, 2.45) is 11.8 Å². The van der Waals surface area contributed by atoms with Crippen molar-refractivity contribution in [1.29, 1.82) is 0 Å². The van der Waals surface area contributed by atoms with Crippen molar-refractivity contribution >= 4 is 15.9 Å². The van der Waals surface area contributed by atoms with Crippen molar-refractivity contribution < 1.29 is 14.6 Å². The first kappa shape index (κ1) is 16.6. The highest BCUT2D eigenvalue weighted by molar-refractivity contribution is 9.10. The van der Waals surface area contributed by atoms with Gasteiger partial charge in [-0.25, -0.2) is 0 Å². The Hall–Kier alpha value is -0.740.